The molecular formula is C11H11N5S. The van der Waals surface area contributed by atoms with Gasteiger partial charge in [-0.25, -0.2) is 15.0 Å². The zero-order chi connectivity index (χ0) is 12.3. The van der Waals surface area contributed by atoms with E-state index in [1.54, 1.807) is 0 Å². The van der Waals surface area contributed by atoms with Gasteiger partial charge in [0.15, 0.2) is 16.6 Å². The largest absolute Gasteiger partial charge is 0.315 e. The molecule has 0 saturated carbocycles. The van der Waals surface area contributed by atoms with Crippen molar-refractivity contribution in [3.63, 3.8) is 0 Å². The number of rotatable bonds is 3. The van der Waals surface area contributed by atoms with Gasteiger partial charge in [-0.05, 0) is 5.92 Å². The van der Waals surface area contributed by atoms with Gasteiger partial charge in [-0.2, -0.15) is 5.26 Å². The van der Waals surface area contributed by atoms with E-state index in [0.29, 0.717) is 17.4 Å². The first-order valence-corrected chi connectivity index (χ1v) is 6.01. The molecule has 0 bridgehead atoms. The third-order valence-corrected chi connectivity index (χ3v) is 2.89. The smallest absolute Gasteiger partial charge is 0.188 e. The highest BCUT2D eigenvalue weighted by molar-refractivity contribution is 7.13. The molecule has 0 aliphatic carbocycles. The Balaban J connectivity index is 2.11. The summed E-state index contributed by atoms with van der Waals surface area (Å²) in [5, 5.41) is 14.5. The number of anilines is 2. The van der Waals surface area contributed by atoms with E-state index in [2.05, 4.69) is 34.1 Å². The van der Waals surface area contributed by atoms with Crippen molar-refractivity contribution in [1.82, 2.24) is 15.0 Å². The normalized spacial score (nSPS) is 10.2. The Morgan fingerprint density at radius 2 is 2.18 bits per heavy atom. The van der Waals surface area contributed by atoms with Crippen LogP contribution in [0.4, 0.5) is 10.9 Å². The average Bonchev–Trinajstić information content (AvgIpc) is 2.79. The van der Waals surface area contributed by atoms with Gasteiger partial charge in [-0.1, -0.05) is 13.8 Å². The molecule has 17 heavy (non-hydrogen) atoms. The minimum atomic E-state index is 0.303. The summed E-state index contributed by atoms with van der Waals surface area (Å²) in [6, 6.07) is 1.92. The maximum absolute atomic E-state index is 8.60. The lowest BCUT2D eigenvalue weighted by atomic mass is 10.2. The summed E-state index contributed by atoms with van der Waals surface area (Å²) in [5.41, 5.74) is 1.36. The number of aromatic nitrogens is 3. The number of hydrogen-bond acceptors (Lipinski definition) is 6. The van der Waals surface area contributed by atoms with Gasteiger partial charge in [0.05, 0.1) is 18.1 Å². The van der Waals surface area contributed by atoms with Gasteiger partial charge in [0, 0.05) is 5.38 Å². The first-order valence-electron chi connectivity index (χ1n) is 5.13. The molecule has 5 nitrogen and oxygen atoms in total. The molecule has 0 aliphatic heterocycles. The predicted molar refractivity (Wildman–Crippen MR) is 66.2 cm³/mol. The van der Waals surface area contributed by atoms with Crippen molar-refractivity contribution < 1.29 is 0 Å². The van der Waals surface area contributed by atoms with Crippen LogP contribution in [0.5, 0.6) is 0 Å². The number of nitriles is 1. The number of thiazole rings is 1. The molecule has 0 aliphatic rings. The van der Waals surface area contributed by atoms with E-state index < -0.39 is 0 Å². The minimum Gasteiger partial charge on any atom is -0.315 e. The van der Waals surface area contributed by atoms with Crippen molar-refractivity contribution in [2.24, 2.45) is 0 Å². The first kappa shape index (κ1) is 11.5. The standard InChI is InChI=1S/C11H11N5S/c1-7(2)9-6-17-11(15-9)16-10-5-13-8(3-12)4-14-10/h4-7H,1-2H3,(H,14,15,16). The summed E-state index contributed by atoms with van der Waals surface area (Å²) < 4.78 is 0. The zero-order valence-electron chi connectivity index (χ0n) is 9.51. The molecule has 2 rings (SSSR count). The third kappa shape index (κ3) is 2.77. The molecule has 0 aromatic carbocycles. The quantitative estimate of drug-likeness (QED) is 0.899. The van der Waals surface area contributed by atoms with E-state index in [9.17, 15) is 0 Å². The van der Waals surface area contributed by atoms with Gasteiger partial charge >= 0.3 is 0 Å². The highest BCUT2D eigenvalue weighted by Crippen LogP contribution is 2.23. The summed E-state index contributed by atoms with van der Waals surface area (Å²) in [6.45, 7) is 4.20. The zero-order valence-corrected chi connectivity index (χ0v) is 10.3. The van der Waals surface area contributed by atoms with E-state index in [1.165, 1.54) is 23.7 Å². The fraction of sp³-hybridized carbons (Fsp3) is 0.273. The molecule has 0 saturated heterocycles. The van der Waals surface area contributed by atoms with Gasteiger partial charge < -0.3 is 5.32 Å². The van der Waals surface area contributed by atoms with Crippen LogP contribution in [0.2, 0.25) is 0 Å². The summed E-state index contributed by atoms with van der Waals surface area (Å²) in [5.74, 6) is 1.00. The second-order valence-corrected chi connectivity index (χ2v) is 4.61. The van der Waals surface area contributed by atoms with Crippen molar-refractivity contribution >= 4 is 22.3 Å². The van der Waals surface area contributed by atoms with Crippen LogP contribution in [0, 0.1) is 11.3 Å². The molecule has 2 aromatic heterocycles. The molecular weight excluding hydrogens is 234 g/mol. The summed E-state index contributed by atoms with van der Waals surface area (Å²) >= 11 is 1.53. The topological polar surface area (TPSA) is 74.5 Å². The molecule has 0 fully saturated rings. The molecule has 0 amide bonds. The molecule has 0 radical (unpaired) electrons. The van der Waals surface area contributed by atoms with E-state index >= 15 is 0 Å². The Morgan fingerprint density at radius 1 is 1.35 bits per heavy atom. The fourth-order valence-electron chi connectivity index (χ4n) is 1.17. The predicted octanol–water partition coefficient (Wildman–Crippen LogP) is 2.67. The third-order valence-electron chi connectivity index (χ3n) is 2.11. The highest BCUT2D eigenvalue weighted by Gasteiger charge is 2.06. The summed E-state index contributed by atoms with van der Waals surface area (Å²) in [7, 11) is 0. The molecule has 86 valence electrons. The van der Waals surface area contributed by atoms with Crippen LogP contribution in [-0.2, 0) is 0 Å². The van der Waals surface area contributed by atoms with Gasteiger partial charge in [0.25, 0.3) is 0 Å². The maximum atomic E-state index is 8.60. The van der Waals surface area contributed by atoms with Crippen molar-refractivity contribution in [2.75, 3.05) is 5.32 Å². The fourth-order valence-corrected chi connectivity index (χ4v) is 2.05. The van der Waals surface area contributed by atoms with Crippen LogP contribution in [0.3, 0.4) is 0 Å². The lowest BCUT2D eigenvalue weighted by Crippen LogP contribution is -1.96. The molecule has 2 heterocycles. The SMILES string of the molecule is CC(C)c1csc(Nc2cnc(C#N)cn2)n1. The van der Waals surface area contributed by atoms with Crippen LogP contribution in [-0.4, -0.2) is 15.0 Å². The molecule has 0 atom stereocenters. The monoisotopic (exact) mass is 245 g/mol. The molecule has 6 heteroatoms. The van der Waals surface area contributed by atoms with Crippen LogP contribution in [0.1, 0.15) is 31.2 Å². The Morgan fingerprint density at radius 3 is 2.71 bits per heavy atom. The van der Waals surface area contributed by atoms with Crippen LogP contribution in [0.25, 0.3) is 0 Å². The number of nitrogens with one attached hydrogen (secondary N) is 1. The molecule has 2 aromatic rings. The summed E-state index contributed by atoms with van der Waals surface area (Å²) in [4.78, 5) is 12.4. The Bertz CT molecular complexity index is 538. The van der Waals surface area contributed by atoms with Gasteiger partial charge in [-0.15, -0.1) is 11.3 Å². The van der Waals surface area contributed by atoms with Crippen molar-refractivity contribution in [3.05, 3.63) is 29.2 Å². The molecule has 0 spiro atoms. The van der Waals surface area contributed by atoms with Crippen molar-refractivity contribution in [1.29, 1.82) is 5.26 Å². The van der Waals surface area contributed by atoms with Crippen LogP contribution >= 0.6 is 11.3 Å². The lowest BCUT2D eigenvalue weighted by Gasteiger charge is -2.00. The second kappa shape index (κ2) is 4.89. The average molecular weight is 245 g/mol. The maximum Gasteiger partial charge on any atom is 0.188 e. The Hall–Kier alpha value is -2.00. The van der Waals surface area contributed by atoms with Crippen molar-refractivity contribution in [3.8, 4) is 6.07 Å². The van der Waals surface area contributed by atoms with Gasteiger partial charge in [0.2, 0.25) is 0 Å². The first-order chi connectivity index (χ1) is 8.19. The highest BCUT2D eigenvalue weighted by atomic mass is 32.1. The lowest BCUT2D eigenvalue weighted by molar-refractivity contribution is 0.834. The van der Waals surface area contributed by atoms with Gasteiger partial charge in [-0.3, -0.25) is 0 Å². The Kier molecular flexibility index (Phi) is 3.30. The van der Waals surface area contributed by atoms with Crippen LogP contribution < -0.4 is 5.32 Å². The minimum absolute atomic E-state index is 0.303. The van der Waals surface area contributed by atoms with Crippen LogP contribution in [0.15, 0.2) is 17.8 Å². The van der Waals surface area contributed by atoms with Gasteiger partial charge in [0.1, 0.15) is 6.07 Å². The molecule has 0 unspecified atom stereocenters. The molecule has 1 N–H and O–H groups in total. The second-order valence-electron chi connectivity index (χ2n) is 3.76. The summed E-state index contributed by atoms with van der Waals surface area (Å²) in [6.07, 6.45) is 2.95. The number of hydrogen-bond donors (Lipinski definition) is 1. The van der Waals surface area contributed by atoms with E-state index in [4.69, 9.17) is 5.26 Å². The number of nitrogens with zero attached hydrogens (tertiary/aromatic N) is 4. The van der Waals surface area contributed by atoms with E-state index in [1.807, 2.05) is 11.4 Å². The van der Waals surface area contributed by atoms with E-state index in [0.717, 1.165) is 10.8 Å². The Labute approximate surface area is 103 Å². The van der Waals surface area contributed by atoms with Crippen molar-refractivity contribution in [2.45, 2.75) is 19.8 Å². The van der Waals surface area contributed by atoms with E-state index in [-0.39, 0.29) is 0 Å².